The van der Waals surface area contributed by atoms with E-state index in [0.717, 1.165) is 45.0 Å². The molecule has 5 heteroatoms. The zero-order valence-electron chi connectivity index (χ0n) is 19.2. The number of rotatable bonds is 9. The van der Waals surface area contributed by atoms with Gasteiger partial charge in [-0.1, -0.05) is 55.5 Å². The van der Waals surface area contributed by atoms with Crippen molar-refractivity contribution in [3.8, 4) is 0 Å². The number of nitrogens with one attached hydrogen (secondary N) is 2. The average Bonchev–Trinajstić information content (AvgIpc) is 2.82. The van der Waals surface area contributed by atoms with Gasteiger partial charge in [0.1, 0.15) is 0 Å². The van der Waals surface area contributed by atoms with E-state index < -0.39 is 0 Å². The minimum absolute atomic E-state index is 0.183. The van der Waals surface area contributed by atoms with Gasteiger partial charge in [0, 0.05) is 19.8 Å². The number of hydrogen-bond donors (Lipinski definition) is 2. The Bertz CT molecular complexity index is 814. The Kier molecular flexibility index (Phi) is 9.38. The van der Waals surface area contributed by atoms with E-state index >= 15 is 0 Å². The van der Waals surface area contributed by atoms with Crippen LogP contribution in [0.1, 0.15) is 61.9 Å². The Hall–Kier alpha value is -2.37. The molecule has 168 valence electrons. The van der Waals surface area contributed by atoms with Gasteiger partial charge >= 0.3 is 0 Å². The molecule has 5 nitrogen and oxygen atoms in total. The molecule has 1 heterocycles. The predicted molar refractivity (Wildman–Crippen MR) is 127 cm³/mol. The third kappa shape index (κ3) is 7.67. The van der Waals surface area contributed by atoms with E-state index in [-0.39, 0.29) is 6.04 Å². The zero-order valence-corrected chi connectivity index (χ0v) is 19.2. The molecule has 0 saturated carbocycles. The molecule has 0 aliphatic carbocycles. The summed E-state index contributed by atoms with van der Waals surface area (Å²) in [6.45, 7) is 10.1. The summed E-state index contributed by atoms with van der Waals surface area (Å²) >= 11 is 0. The van der Waals surface area contributed by atoms with Gasteiger partial charge in [0.25, 0.3) is 0 Å². The Balaban J connectivity index is 1.57. The highest BCUT2D eigenvalue weighted by Crippen LogP contribution is 2.16. The minimum Gasteiger partial charge on any atom is -0.381 e. The maximum absolute atomic E-state index is 6.07. The van der Waals surface area contributed by atoms with Crippen LogP contribution in [0.3, 0.4) is 0 Å². The van der Waals surface area contributed by atoms with Crippen molar-refractivity contribution in [3.05, 3.63) is 70.8 Å². The molecule has 3 rings (SSSR count). The van der Waals surface area contributed by atoms with Crippen molar-refractivity contribution in [2.24, 2.45) is 4.99 Å². The predicted octanol–water partition coefficient (Wildman–Crippen LogP) is 4.76. The fourth-order valence-electron chi connectivity index (χ4n) is 3.70. The van der Waals surface area contributed by atoms with Crippen LogP contribution in [0.4, 0.5) is 0 Å². The number of nitrogens with zero attached hydrogens (tertiary/aromatic N) is 1. The lowest BCUT2D eigenvalue weighted by Crippen LogP contribution is -2.38. The summed E-state index contributed by atoms with van der Waals surface area (Å²) in [6.07, 6.45) is 3.35. The van der Waals surface area contributed by atoms with Crippen molar-refractivity contribution >= 4 is 5.96 Å². The highest BCUT2D eigenvalue weighted by molar-refractivity contribution is 5.80. The quantitative estimate of drug-likeness (QED) is 0.451. The lowest BCUT2D eigenvalue weighted by Gasteiger charge is -2.22. The average molecular weight is 424 g/mol. The maximum atomic E-state index is 6.07. The van der Waals surface area contributed by atoms with Crippen molar-refractivity contribution in [2.75, 3.05) is 19.8 Å². The Morgan fingerprint density at radius 3 is 2.52 bits per heavy atom. The Labute approximate surface area is 187 Å². The lowest BCUT2D eigenvalue weighted by atomic mass is 10.1. The second-order valence-electron chi connectivity index (χ2n) is 8.10. The molecule has 1 fully saturated rings. The van der Waals surface area contributed by atoms with Gasteiger partial charge in [0.05, 0.1) is 25.3 Å². The molecule has 1 aliphatic heterocycles. The highest BCUT2D eigenvalue weighted by Gasteiger charge is 2.14. The summed E-state index contributed by atoms with van der Waals surface area (Å²) in [5, 5.41) is 6.89. The van der Waals surface area contributed by atoms with Crippen molar-refractivity contribution in [1.82, 2.24) is 10.6 Å². The molecule has 1 saturated heterocycles. The Morgan fingerprint density at radius 1 is 1.06 bits per heavy atom. The van der Waals surface area contributed by atoms with E-state index in [1.807, 2.05) is 0 Å². The van der Waals surface area contributed by atoms with Crippen LogP contribution in [0.25, 0.3) is 0 Å². The molecular formula is C26H37N3O2. The number of benzene rings is 2. The van der Waals surface area contributed by atoms with E-state index in [1.54, 1.807) is 0 Å². The van der Waals surface area contributed by atoms with E-state index in [2.05, 4.69) is 79.9 Å². The molecule has 2 aromatic carbocycles. The molecule has 0 spiro atoms. The SMILES string of the molecule is CCNC(=NCc1cccc(COC2CCOCC2)c1)NC(C)c1ccc(CC)cc1. The molecule has 2 aromatic rings. The van der Waals surface area contributed by atoms with Gasteiger partial charge in [0.2, 0.25) is 0 Å². The number of ether oxygens (including phenoxy) is 2. The number of aryl methyl sites for hydroxylation is 1. The fraction of sp³-hybridized carbons (Fsp3) is 0.500. The second-order valence-corrected chi connectivity index (χ2v) is 8.10. The first kappa shape index (κ1) is 23.3. The first-order chi connectivity index (χ1) is 15.2. The van der Waals surface area contributed by atoms with Crippen LogP contribution in [0.15, 0.2) is 53.5 Å². The Morgan fingerprint density at radius 2 is 1.81 bits per heavy atom. The van der Waals surface area contributed by atoms with Crippen molar-refractivity contribution < 1.29 is 9.47 Å². The molecule has 1 unspecified atom stereocenters. The van der Waals surface area contributed by atoms with Crippen molar-refractivity contribution in [1.29, 1.82) is 0 Å². The molecule has 31 heavy (non-hydrogen) atoms. The highest BCUT2D eigenvalue weighted by atomic mass is 16.5. The monoisotopic (exact) mass is 423 g/mol. The van der Waals surface area contributed by atoms with Gasteiger partial charge < -0.3 is 20.1 Å². The molecule has 0 aromatic heterocycles. The van der Waals surface area contributed by atoms with Crippen LogP contribution in [0.2, 0.25) is 0 Å². The van der Waals surface area contributed by atoms with E-state index in [1.165, 1.54) is 22.3 Å². The van der Waals surface area contributed by atoms with Crippen LogP contribution in [-0.4, -0.2) is 31.8 Å². The lowest BCUT2D eigenvalue weighted by molar-refractivity contribution is -0.0390. The third-order valence-electron chi connectivity index (χ3n) is 5.65. The van der Waals surface area contributed by atoms with Crippen LogP contribution in [0.5, 0.6) is 0 Å². The maximum Gasteiger partial charge on any atom is 0.192 e. The van der Waals surface area contributed by atoms with Crippen molar-refractivity contribution in [2.45, 2.75) is 65.3 Å². The smallest absolute Gasteiger partial charge is 0.192 e. The van der Waals surface area contributed by atoms with Crippen LogP contribution < -0.4 is 10.6 Å². The van der Waals surface area contributed by atoms with E-state index in [9.17, 15) is 0 Å². The first-order valence-electron chi connectivity index (χ1n) is 11.6. The van der Waals surface area contributed by atoms with Crippen LogP contribution in [0, 0.1) is 0 Å². The number of aliphatic imine (C=N–C) groups is 1. The number of hydrogen-bond acceptors (Lipinski definition) is 3. The topological polar surface area (TPSA) is 54.9 Å². The normalized spacial score (nSPS) is 16.2. The van der Waals surface area contributed by atoms with E-state index in [4.69, 9.17) is 14.5 Å². The molecule has 0 radical (unpaired) electrons. The molecule has 0 amide bonds. The summed E-state index contributed by atoms with van der Waals surface area (Å²) in [5.74, 6) is 0.832. The van der Waals surface area contributed by atoms with Crippen LogP contribution >= 0.6 is 0 Å². The standard InChI is InChI=1S/C26H37N3O2/c1-4-21-9-11-24(12-10-21)20(3)29-26(27-5-2)28-18-22-7-6-8-23(17-22)19-31-25-13-15-30-16-14-25/h6-12,17,20,25H,4-5,13-16,18-19H2,1-3H3,(H2,27,28,29). The third-order valence-corrected chi connectivity index (χ3v) is 5.65. The van der Waals surface area contributed by atoms with Crippen molar-refractivity contribution in [3.63, 3.8) is 0 Å². The fourth-order valence-corrected chi connectivity index (χ4v) is 3.70. The summed E-state index contributed by atoms with van der Waals surface area (Å²) in [7, 11) is 0. The summed E-state index contributed by atoms with van der Waals surface area (Å²) < 4.78 is 11.5. The van der Waals surface area contributed by atoms with Gasteiger partial charge in [-0.2, -0.15) is 0 Å². The summed E-state index contributed by atoms with van der Waals surface area (Å²) in [4.78, 5) is 4.81. The van der Waals surface area contributed by atoms with Gasteiger partial charge in [-0.3, -0.25) is 0 Å². The van der Waals surface area contributed by atoms with Gasteiger partial charge in [-0.15, -0.1) is 0 Å². The number of guanidine groups is 1. The summed E-state index contributed by atoms with van der Waals surface area (Å²) in [5.41, 5.74) is 5.00. The summed E-state index contributed by atoms with van der Waals surface area (Å²) in [6, 6.07) is 17.5. The van der Waals surface area contributed by atoms with Crippen LogP contribution in [-0.2, 0) is 29.0 Å². The molecule has 1 atom stereocenters. The molecule has 1 aliphatic rings. The second kappa shape index (κ2) is 12.5. The largest absolute Gasteiger partial charge is 0.381 e. The molecule has 2 N–H and O–H groups in total. The molecule has 0 bridgehead atoms. The van der Waals surface area contributed by atoms with E-state index in [0.29, 0.717) is 19.3 Å². The zero-order chi connectivity index (χ0) is 21.9. The van der Waals surface area contributed by atoms with Gasteiger partial charge in [0.15, 0.2) is 5.96 Å². The molecular weight excluding hydrogens is 386 g/mol. The van der Waals surface area contributed by atoms with Gasteiger partial charge in [-0.25, -0.2) is 4.99 Å². The first-order valence-corrected chi connectivity index (χ1v) is 11.6. The van der Waals surface area contributed by atoms with Gasteiger partial charge in [-0.05, 0) is 55.4 Å². The minimum atomic E-state index is 0.183.